The second kappa shape index (κ2) is 7.76. The number of nitriles is 1. The standard InChI is InChI=1S/C18H17ClN4O3/c1-10-6-12(7-13(9-20)17(24)22-18(21)25)11(2)23(10)15-8-14(19)4-5-16(15)26-3/h4-8H,1-3H3,(H3,21,22,24,25)/b13-7-. The predicted octanol–water partition coefficient (Wildman–Crippen LogP) is 2.86. The molecule has 26 heavy (non-hydrogen) atoms. The predicted molar refractivity (Wildman–Crippen MR) is 98.1 cm³/mol. The van der Waals surface area contributed by atoms with Crippen molar-refractivity contribution < 1.29 is 14.3 Å². The molecule has 0 bridgehead atoms. The summed E-state index contributed by atoms with van der Waals surface area (Å²) in [5.41, 5.74) is 7.67. The zero-order valence-electron chi connectivity index (χ0n) is 14.5. The molecule has 0 spiro atoms. The number of methoxy groups -OCH3 is 1. The number of carbonyl (C=O) groups excluding carboxylic acids is 2. The van der Waals surface area contributed by atoms with Gasteiger partial charge in [-0.1, -0.05) is 11.6 Å². The van der Waals surface area contributed by atoms with Crippen LogP contribution in [-0.2, 0) is 4.79 Å². The summed E-state index contributed by atoms with van der Waals surface area (Å²) in [4.78, 5) is 22.7. The first-order valence-electron chi connectivity index (χ1n) is 7.54. The van der Waals surface area contributed by atoms with Crippen molar-refractivity contribution in [3.8, 4) is 17.5 Å². The lowest BCUT2D eigenvalue weighted by Crippen LogP contribution is -2.35. The van der Waals surface area contributed by atoms with Crippen LogP contribution in [0.3, 0.4) is 0 Å². The summed E-state index contributed by atoms with van der Waals surface area (Å²) in [6, 6.07) is 7.80. The van der Waals surface area contributed by atoms with Crippen LogP contribution >= 0.6 is 11.6 Å². The molecular weight excluding hydrogens is 356 g/mol. The Bertz CT molecular complexity index is 954. The van der Waals surface area contributed by atoms with E-state index >= 15 is 0 Å². The fraction of sp³-hybridized carbons (Fsp3) is 0.167. The van der Waals surface area contributed by atoms with Gasteiger partial charge in [-0.2, -0.15) is 5.26 Å². The quantitative estimate of drug-likeness (QED) is 0.635. The maximum Gasteiger partial charge on any atom is 0.319 e. The van der Waals surface area contributed by atoms with Gasteiger partial charge in [0.15, 0.2) is 0 Å². The van der Waals surface area contributed by atoms with Crippen LogP contribution in [0.25, 0.3) is 11.8 Å². The number of benzene rings is 1. The summed E-state index contributed by atoms with van der Waals surface area (Å²) in [5, 5.41) is 11.6. The summed E-state index contributed by atoms with van der Waals surface area (Å²) in [6.07, 6.45) is 1.40. The lowest BCUT2D eigenvalue weighted by molar-refractivity contribution is -0.115. The fourth-order valence-corrected chi connectivity index (χ4v) is 2.79. The van der Waals surface area contributed by atoms with Gasteiger partial charge in [0.1, 0.15) is 17.4 Å². The number of imide groups is 1. The van der Waals surface area contributed by atoms with E-state index in [0.29, 0.717) is 16.3 Å². The lowest BCUT2D eigenvalue weighted by atomic mass is 10.1. The monoisotopic (exact) mass is 372 g/mol. The highest BCUT2D eigenvalue weighted by Gasteiger charge is 2.16. The van der Waals surface area contributed by atoms with E-state index in [0.717, 1.165) is 17.1 Å². The Morgan fingerprint density at radius 1 is 1.35 bits per heavy atom. The summed E-state index contributed by atoms with van der Waals surface area (Å²) < 4.78 is 7.30. The van der Waals surface area contributed by atoms with Gasteiger partial charge in [0, 0.05) is 16.4 Å². The number of amides is 3. The minimum Gasteiger partial charge on any atom is -0.495 e. The topological polar surface area (TPSA) is 110 Å². The number of nitrogens with two attached hydrogens (primary N) is 1. The van der Waals surface area contributed by atoms with Crippen molar-refractivity contribution in [1.29, 1.82) is 5.26 Å². The van der Waals surface area contributed by atoms with E-state index in [1.165, 1.54) is 6.08 Å². The SMILES string of the molecule is COc1ccc(Cl)cc1-n1c(C)cc(/C=C(/C#N)C(=O)NC(N)=O)c1C. The van der Waals surface area contributed by atoms with Crippen molar-refractivity contribution in [3.63, 3.8) is 0 Å². The zero-order chi connectivity index (χ0) is 19.4. The van der Waals surface area contributed by atoms with Crippen molar-refractivity contribution in [2.45, 2.75) is 13.8 Å². The number of hydrogen-bond acceptors (Lipinski definition) is 4. The number of ether oxygens (including phenoxy) is 1. The number of aromatic nitrogens is 1. The molecule has 0 fully saturated rings. The number of carbonyl (C=O) groups is 2. The Kier molecular flexibility index (Phi) is 5.70. The highest BCUT2D eigenvalue weighted by Crippen LogP contribution is 2.31. The Labute approximate surface area is 155 Å². The molecule has 8 heteroatoms. The highest BCUT2D eigenvalue weighted by atomic mass is 35.5. The zero-order valence-corrected chi connectivity index (χ0v) is 15.2. The van der Waals surface area contributed by atoms with Crippen LogP contribution in [0.2, 0.25) is 5.02 Å². The Morgan fingerprint density at radius 3 is 2.62 bits per heavy atom. The Balaban J connectivity index is 2.57. The molecular formula is C18H17ClN4O3. The van der Waals surface area contributed by atoms with Gasteiger partial charge in [-0.05, 0) is 49.8 Å². The van der Waals surface area contributed by atoms with E-state index in [1.807, 2.05) is 29.8 Å². The summed E-state index contributed by atoms with van der Waals surface area (Å²) >= 11 is 6.11. The fourth-order valence-electron chi connectivity index (χ4n) is 2.63. The van der Waals surface area contributed by atoms with Crippen LogP contribution in [0.5, 0.6) is 5.75 Å². The van der Waals surface area contributed by atoms with E-state index in [4.69, 9.17) is 22.1 Å². The maximum absolute atomic E-state index is 11.9. The van der Waals surface area contributed by atoms with Gasteiger partial charge in [-0.3, -0.25) is 10.1 Å². The Hall–Kier alpha value is -3.24. The summed E-state index contributed by atoms with van der Waals surface area (Å²) in [7, 11) is 1.56. The third-order valence-corrected chi connectivity index (χ3v) is 3.99. The van der Waals surface area contributed by atoms with Crippen molar-refractivity contribution in [2.75, 3.05) is 7.11 Å². The number of primary amides is 1. The van der Waals surface area contributed by atoms with Gasteiger partial charge >= 0.3 is 6.03 Å². The van der Waals surface area contributed by atoms with Gasteiger partial charge in [0.25, 0.3) is 5.91 Å². The molecule has 3 N–H and O–H groups in total. The van der Waals surface area contributed by atoms with Crippen molar-refractivity contribution >= 4 is 29.6 Å². The number of urea groups is 1. The smallest absolute Gasteiger partial charge is 0.319 e. The first-order valence-corrected chi connectivity index (χ1v) is 7.91. The molecule has 2 rings (SSSR count). The molecule has 0 saturated heterocycles. The number of hydrogen-bond donors (Lipinski definition) is 2. The molecule has 7 nitrogen and oxygen atoms in total. The first-order chi connectivity index (χ1) is 12.3. The van der Waals surface area contributed by atoms with Crippen LogP contribution < -0.4 is 15.8 Å². The van der Waals surface area contributed by atoms with E-state index in [1.54, 1.807) is 31.4 Å². The molecule has 1 heterocycles. The normalized spacial score (nSPS) is 11.0. The number of halogens is 1. The molecule has 0 unspecified atom stereocenters. The van der Waals surface area contributed by atoms with Crippen LogP contribution in [0.1, 0.15) is 17.0 Å². The molecule has 3 amide bonds. The molecule has 1 aromatic heterocycles. The van der Waals surface area contributed by atoms with Crippen molar-refractivity contribution in [1.82, 2.24) is 9.88 Å². The average Bonchev–Trinajstić information content (AvgIpc) is 2.85. The van der Waals surface area contributed by atoms with E-state index < -0.39 is 11.9 Å². The lowest BCUT2D eigenvalue weighted by Gasteiger charge is -2.14. The second-order valence-electron chi connectivity index (χ2n) is 5.47. The molecule has 0 radical (unpaired) electrons. The van der Waals surface area contributed by atoms with E-state index in [-0.39, 0.29) is 5.57 Å². The minimum atomic E-state index is -1.02. The van der Waals surface area contributed by atoms with Crippen LogP contribution in [0.4, 0.5) is 4.79 Å². The number of nitrogens with one attached hydrogen (secondary N) is 1. The van der Waals surface area contributed by atoms with Gasteiger partial charge in [0.2, 0.25) is 0 Å². The third kappa shape index (κ3) is 3.87. The van der Waals surface area contributed by atoms with Gasteiger partial charge in [0.05, 0.1) is 12.8 Å². The van der Waals surface area contributed by atoms with Crippen LogP contribution in [0, 0.1) is 25.2 Å². The Morgan fingerprint density at radius 2 is 2.04 bits per heavy atom. The third-order valence-electron chi connectivity index (χ3n) is 3.75. The molecule has 2 aromatic rings. The molecule has 134 valence electrons. The van der Waals surface area contributed by atoms with Crippen molar-refractivity contribution in [2.24, 2.45) is 5.73 Å². The first kappa shape index (κ1) is 19.1. The largest absolute Gasteiger partial charge is 0.495 e. The molecule has 0 aliphatic carbocycles. The number of aryl methyl sites for hydroxylation is 1. The number of rotatable bonds is 4. The molecule has 0 saturated carbocycles. The van der Waals surface area contributed by atoms with E-state index in [2.05, 4.69) is 0 Å². The van der Waals surface area contributed by atoms with Crippen LogP contribution in [0.15, 0.2) is 29.8 Å². The summed E-state index contributed by atoms with van der Waals surface area (Å²) in [5.74, 6) is -0.233. The molecule has 0 aliphatic rings. The molecule has 1 aromatic carbocycles. The second-order valence-corrected chi connectivity index (χ2v) is 5.90. The van der Waals surface area contributed by atoms with Gasteiger partial charge in [-0.15, -0.1) is 0 Å². The van der Waals surface area contributed by atoms with Gasteiger partial charge in [-0.25, -0.2) is 4.79 Å². The average molecular weight is 373 g/mol. The maximum atomic E-state index is 11.9. The highest BCUT2D eigenvalue weighted by molar-refractivity contribution is 6.30. The van der Waals surface area contributed by atoms with Crippen molar-refractivity contribution in [3.05, 3.63) is 51.8 Å². The number of nitrogens with zero attached hydrogens (tertiary/aromatic N) is 2. The van der Waals surface area contributed by atoms with E-state index in [9.17, 15) is 14.9 Å². The molecule has 0 aliphatic heterocycles. The molecule has 0 atom stereocenters. The minimum absolute atomic E-state index is 0.234. The summed E-state index contributed by atoms with van der Waals surface area (Å²) in [6.45, 7) is 3.71. The van der Waals surface area contributed by atoms with Gasteiger partial charge < -0.3 is 15.0 Å². The van der Waals surface area contributed by atoms with Crippen LogP contribution in [-0.4, -0.2) is 23.6 Å².